The molecule has 2 heterocycles. The molecule has 1 aromatic carbocycles. The highest BCUT2D eigenvalue weighted by Crippen LogP contribution is 2.24. The number of benzene rings is 1. The van der Waals surface area contributed by atoms with Gasteiger partial charge in [0.05, 0.1) is 16.0 Å². The van der Waals surface area contributed by atoms with Gasteiger partial charge in [-0.15, -0.1) is 11.3 Å². The molecular formula is C14H16N4S. The first-order valence-corrected chi connectivity index (χ1v) is 7.18. The lowest BCUT2D eigenvalue weighted by molar-refractivity contribution is 0.787. The van der Waals surface area contributed by atoms with Gasteiger partial charge in [0.25, 0.3) is 0 Å². The van der Waals surface area contributed by atoms with E-state index in [9.17, 15) is 0 Å². The smallest absolute Gasteiger partial charge is 0.160 e. The highest BCUT2D eigenvalue weighted by molar-refractivity contribution is 7.09. The Kier molecular flexibility index (Phi) is 3.31. The maximum atomic E-state index is 4.67. The SMILES string of the molecule is CNCCc1nc(-c2nc3ccccc3n2C)cs1. The van der Waals surface area contributed by atoms with Crippen molar-refractivity contribution in [3.05, 3.63) is 34.7 Å². The van der Waals surface area contributed by atoms with Crippen LogP contribution in [-0.2, 0) is 13.5 Å². The van der Waals surface area contributed by atoms with Gasteiger partial charge < -0.3 is 9.88 Å². The van der Waals surface area contributed by atoms with E-state index in [0.717, 1.165) is 40.5 Å². The summed E-state index contributed by atoms with van der Waals surface area (Å²) in [5.74, 6) is 0.938. The second-order valence-corrected chi connectivity index (χ2v) is 5.41. The molecule has 0 atom stereocenters. The molecule has 3 aromatic rings. The van der Waals surface area contributed by atoms with Crippen molar-refractivity contribution in [2.75, 3.05) is 13.6 Å². The minimum Gasteiger partial charge on any atom is -0.326 e. The molecule has 5 heteroatoms. The molecule has 0 aliphatic heterocycles. The van der Waals surface area contributed by atoms with Gasteiger partial charge in [0.2, 0.25) is 0 Å². The van der Waals surface area contributed by atoms with Crippen LogP contribution in [0, 0.1) is 0 Å². The molecule has 0 spiro atoms. The molecule has 4 nitrogen and oxygen atoms in total. The summed E-state index contributed by atoms with van der Waals surface area (Å²) >= 11 is 1.70. The van der Waals surface area contributed by atoms with Gasteiger partial charge in [-0.3, -0.25) is 0 Å². The Bertz CT molecular complexity index is 698. The fourth-order valence-electron chi connectivity index (χ4n) is 2.13. The van der Waals surface area contributed by atoms with Crippen LogP contribution >= 0.6 is 11.3 Å². The molecule has 98 valence electrons. The largest absolute Gasteiger partial charge is 0.326 e. The Morgan fingerprint density at radius 1 is 1.26 bits per heavy atom. The molecule has 19 heavy (non-hydrogen) atoms. The summed E-state index contributed by atoms with van der Waals surface area (Å²) < 4.78 is 2.10. The molecule has 2 aromatic heterocycles. The molecule has 0 fully saturated rings. The monoisotopic (exact) mass is 272 g/mol. The van der Waals surface area contributed by atoms with Crippen LogP contribution in [0.2, 0.25) is 0 Å². The van der Waals surface area contributed by atoms with Gasteiger partial charge in [0.15, 0.2) is 5.82 Å². The predicted octanol–water partition coefficient (Wildman–Crippen LogP) is 2.46. The molecule has 0 bridgehead atoms. The molecular weight excluding hydrogens is 256 g/mol. The molecule has 0 amide bonds. The summed E-state index contributed by atoms with van der Waals surface area (Å²) in [5, 5.41) is 6.38. The van der Waals surface area contributed by atoms with Crippen molar-refractivity contribution in [1.29, 1.82) is 0 Å². The van der Waals surface area contributed by atoms with Crippen molar-refractivity contribution in [2.24, 2.45) is 7.05 Å². The third-order valence-electron chi connectivity index (χ3n) is 3.16. The normalized spacial score (nSPS) is 11.3. The molecule has 3 rings (SSSR count). The zero-order valence-electron chi connectivity index (χ0n) is 11.1. The lowest BCUT2D eigenvalue weighted by atomic mass is 10.3. The second-order valence-electron chi connectivity index (χ2n) is 4.46. The standard InChI is InChI=1S/C14H16N4S/c1-15-8-7-13-16-11(9-19-13)14-17-10-5-3-4-6-12(10)18(14)2/h3-6,9,15H,7-8H2,1-2H3. The van der Waals surface area contributed by atoms with Crippen LogP contribution < -0.4 is 5.32 Å². The third kappa shape index (κ3) is 2.27. The molecule has 0 unspecified atom stereocenters. The van der Waals surface area contributed by atoms with Gasteiger partial charge in [-0.05, 0) is 19.2 Å². The Balaban J connectivity index is 1.99. The highest BCUT2D eigenvalue weighted by Gasteiger charge is 2.12. The lowest BCUT2D eigenvalue weighted by Crippen LogP contribution is -2.10. The van der Waals surface area contributed by atoms with E-state index < -0.39 is 0 Å². The summed E-state index contributed by atoms with van der Waals surface area (Å²) in [6, 6.07) is 8.17. The Morgan fingerprint density at radius 3 is 2.89 bits per heavy atom. The summed E-state index contributed by atoms with van der Waals surface area (Å²) in [4.78, 5) is 9.34. The van der Waals surface area contributed by atoms with Gasteiger partial charge in [-0.2, -0.15) is 0 Å². The number of nitrogens with one attached hydrogen (secondary N) is 1. The zero-order valence-corrected chi connectivity index (χ0v) is 11.9. The number of imidazole rings is 1. The summed E-state index contributed by atoms with van der Waals surface area (Å²) in [5.41, 5.74) is 3.13. The topological polar surface area (TPSA) is 42.7 Å². The van der Waals surface area contributed by atoms with Crippen LogP contribution in [0.3, 0.4) is 0 Å². The van der Waals surface area contributed by atoms with E-state index >= 15 is 0 Å². The first-order valence-electron chi connectivity index (χ1n) is 6.30. The number of aromatic nitrogens is 3. The first kappa shape index (κ1) is 12.3. The highest BCUT2D eigenvalue weighted by atomic mass is 32.1. The number of rotatable bonds is 4. The minimum atomic E-state index is 0.938. The van der Waals surface area contributed by atoms with E-state index in [0.29, 0.717) is 0 Å². The Hall–Kier alpha value is -1.72. The van der Waals surface area contributed by atoms with E-state index in [2.05, 4.69) is 31.3 Å². The lowest BCUT2D eigenvalue weighted by Gasteiger charge is -1.98. The number of para-hydroxylation sites is 2. The van der Waals surface area contributed by atoms with Crippen molar-refractivity contribution in [3.8, 4) is 11.5 Å². The van der Waals surface area contributed by atoms with Crippen molar-refractivity contribution in [1.82, 2.24) is 19.9 Å². The molecule has 0 aliphatic rings. The zero-order chi connectivity index (χ0) is 13.2. The van der Waals surface area contributed by atoms with Crippen LogP contribution in [0.25, 0.3) is 22.6 Å². The van der Waals surface area contributed by atoms with Gasteiger partial charge in [-0.1, -0.05) is 12.1 Å². The maximum Gasteiger partial charge on any atom is 0.160 e. The van der Waals surface area contributed by atoms with Crippen molar-refractivity contribution >= 4 is 22.4 Å². The van der Waals surface area contributed by atoms with Gasteiger partial charge in [-0.25, -0.2) is 9.97 Å². The van der Waals surface area contributed by atoms with E-state index in [1.54, 1.807) is 11.3 Å². The summed E-state index contributed by atoms with van der Waals surface area (Å²) in [7, 11) is 4.00. The fourth-order valence-corrected chi connectivity index (χ4v) is 2.91. The van der Waals surface area contributed by atoms with Gasteiger partial charge >= 0.3 is 0 Å². The van der Waals surface area contributed by atoms with Crippen LogP contribution in [0.15, 0.2) is 29.6 Å². The van der Waals surface area contributed by atoms with E-state index in [1.807, 2.05) is 32.3 Å². The van der Waals surface area contributed by atoms with Crippen molar-refractivity contribution < 1.29 is 0 Å². The molecule has 0 saturated heterocycles. The average Bonchev–Trinajstić information content (AvgIpc) is 3.02. The molecule has 0 aliphatic carbocycles. The predicted molar refractivity (Wildman–Crippen MR) is 79.5 cm³/mol. The quantitative estimate of drug-likeness (QED) is 0.793. The Labute approximate surface area is 116 Å². The van der Waals surface area contributed by atoms with Crippen LogP contribution in [0.4, 0.5) is 0 Å². The average molecular weight is 272 g/mol. The van der Waals surface area contributed by atoms with E-state index in [4.69, 9.17) is 0 Å². The van der Waals surface area contributed by atoms with Crippen molar-refractivity contribution in [2.45, 2.75) is 6.42 Å². The van der Waals surface area contributed by atoms with Crippen LogP contribution in [-0.4, -0.2) is 28.1 Å². The third-order valence-corrected chi connectivity index (χ3v) is 4.07. The number of likely N-dealkylation sites (N-methyl/N-ethyl adjacent to an activating group) is 1. The number of hydrogen-bond donors (Lipinski definition) is 1. The second kappa shape index (κ2) is 5.11. The minimum absolute atomic E-state index is 0.938. The van der Waals surface area contributed by atoms with Gasteiger partial charge in [0, 0.05) is 25.4 Å². The maximum absolute atomic E-state index is 4.67. The van der Waals surface area contributed by atoms with Crippen LogP contribution in [0.1, 0.15) is 5.01 Å². The number of thiazole rings is 1. The first-order chi connectivity index (χ1) is 9.29. The molecule has 0 radical (unpaired) electrons. The van der Waals surface area contributed by atoms with Gasteiger partial charge in [0.1, 0.15) is 5.69 Å². The fraction of sp³-hybridized carbons (Fsp3) is 0.286. The van der Waals surface area contributed by atoms with E-state index in [1.165, 1.54) is 0 Å². The van der Waals surface area contributed by atoms with E-state index in [-0.39, 0.29) is 0 Å². The number of nitrogens with zero attached hydrogens (tertiary/aromatic N) is 3. The summed E-state index contributed by atoms with van der Waals surface area (Å²) in [6.45, 7) is 0.954. The number of aryl methyl sites for hydroxylation is 1. The molecule has 1 N–H and O–H groups in total. The van der Waals surface area contributed by atoms with Crippen LogP contribution in [0.5, 0.6) is 0 Å². The Morgan fingerprint density at radius 2 is 2.11 bits per heavy atom. The van der Waals surface area contributed by atoms with Crippen molar-refractivity contribution in [3.63, 3.8) is 0 Å². The number of fused-ring (bicyclic) bond motifs is 1. The molecule has 0 saturated carbocycles. The summed E-state index contributed by atoms with van der Waals surface area (Å²) in [6.07, 6.45) is 0.963. The number of hydrogen-bond acceptors (Lipinski definition) is 4.